The summed E-state index contributed by atoms with van der Waals surface area (Å²) >= 11 is 0. The molecule has 0 fully saturated rings. The zero-order valence-corrected chi connectivity index (χ0v) is 7.51. The second-order valence-electron chi connectivity index (χ2n) is 2.90. The van der Waals surface area contributed by atoms with E-state index in [1.807, 2.05) is 42.6 Å². The van der Waals surface area contributed by atoms with Crippen LogP contribution in [0, 0.1) is 6.57 Å². The average molecular weight is 179 g/mol. The minimum absolute atomic E-state index is 0.664. The monoisotopic (exact) mass is 179 g/mol. The van der Waals surface area contributed by atoms with E-state index in [1.165, 1.54) is 0 Å². The van der Waals surface area contributed by atoms with E-state index in [4.69, 9.17) is 6.57 Å². The molecular formula is C12H8N2. The third-order valence-corrected chi connectivity index (χ3v) is 1.99. The fourth-order valence-electron chi connectivity index (χ4n) is 1.26. The van der Waals surface area contributed by atoms with Crippen LogP contribution in [0.15, 0.2) is 48.8 Å². The SMILES string of the molecule is [11C-]#[N+]c1ccc(-c2cccnc2)cc1. The minimum atomic E-state index is 0.664. The Bertz CT molecular complexity index is 452. The highest BCUT2D eigenvalue weighted by Gasteiger charge is 1.96. The largest absolute Gasteiger partial charge is 0.264 e. The fraction of sp³-hybridized carbons (Fsp3) is 0. The second kappa shape index (κ2) is 3.71. The van der Waals surface area contributed by atoms with E-state index in [0.717, 1.165) is 11.1 Å². The third kappa shape index (κ3) is 1.62. The lowest BCUT2D eigenvalue weighted by Crippen LogP contribution is -1.77. The van der Waals surface area contributed by atoms with Crippen LogP contribution in [0.3, 0.4) is 0 Å². The molecule has 2 heteroatoms. The van der Waals surface area contributed by atoms with Crippen LogP contribution < -0.4 is 0 Å². The van der Waals surface area contributed by atoms with Crippen LogP contribution in [0.1, 0.15) is 0 Å². The van der Waals surface area contributed by atoms with Crippen molar-refractivity contribution in [3.8, 4) is 11.1 Å². The van der Waals surface area contributed by atoms with Crippen molar-refractivity contribution in [3.05, 3.63) is 60.2 Å². The highest BCUT2D eigenvalue weighted by atomic mass is 14.6. The summed E-state index contributed by atoms with van der Waals surface area (Å²) in [5.41, 5.74) is 2.83. The Morgan fingerprint density at radius 3 is 2.36 bits per heavy atom. The molecule has 0 radical (unpaired) electrons. The average Bonchev–Trinajstić information content (AvgIpc) is 2.30. The Kier molecular flexibility index (Phi) is 2.24. The van der Waals surface area contributed by atoms with Crippen molar-refractivity contribution in [2.24, 2.45) is 0 Å². The number of hydrogen-bond donors (Lipinski definition) is 0. The van der Waals surface area contributed by atoms with Gasteiger partial charge in [-0.3, -0.25) is 4.98 Å². The third-order valence-electron chi connectivity index (χ3n) is 1.99. The quantitative estimate of drug-likeness (QED) is 0.614. The van der Waals surface area contributed by atoms with E-state index in [9.17, 15) is 0 Å². The molecule has 0 bridgehead atoms. The maximum absolute atomic E-state index is 6.83. The molecule has 2 rings (SSSR count). The maximum atomic E-state index is 6.83. The molecule has 0 spiro atoms. The van der Waals surface area contributed by atoms with Gasteiger partial charge >= 0.3 is 0 Å². The van der Waals surface area contributed by atoms with Gasteiger partial charge in [-0.05, 0) is 17.2 Å². The van der Waals surface area contributed by atoms with E-state index in [2.05, 4.69) is 9.83 Å². The van der Waals surface area contributed by atoms with Gasteiger partial charge in [0.05, 0.1) is 6.57 Å². The van der Waals surface area contributed by atoms with Crippen molar-refractivity contribution in [2.45, 2.75) is 0 Å². The molecule has 2 nitrogen and oxygen atoms in total. The molecule has 1 aromatic heterocycles. The number of benzene rings is 1. The Hall–Kier alpha value is -2.14. The van der Waals surface area contributed by atoms with Gasteiger partial charge in [-0.1, -0.05) is 30.3 Å². The van der Waals surface area contributed by atoms with E-state index in [1.54, 1.807) is 6.20 Å². The summed E-state index contributed by atoms with van der Waals surface area (Å²) in [5, 5.41) is 0. The normalized spacial score (nSPS) is 9.36. The summed E-state index contributed by atoms with van der Waals surface area (Å²) in [6, 6.07) is 11.4. The van der Waals surface area contributed by atoms with Crippen LogP contribution in [0.5, 0.6) is 0 Å². The first-order valence-corrected chi connectivity index (χ1v) is 4.28. The van der Waals surface area contributed by atoms with E-state index >= 15 is 0 Å². The zero-order chi connectivity index (χ0) is 9.80. The number of nitrogens with zero attached hydrogens (tertiary/aromatic N) is 2. The minimum Gasteiger partial charge on any atom is -0.264 e. The molecular weight excluding hydrogens is 171 g/mol. The first-order chi connectivity index (χ1) is 6.90. The smallest absolute Gasteiger partial charge is 0.187 e. The van der Waals surface area contributed by atoms with Gasteiger partial charge in [0, 0.05) is 12.4 Å². The molecule has 0 atom stereocenters. The number of rotatable bonds is 1. The van der Waals surface area contributed by atoms with Gasteiger partial charge in [-0.25, -0.2) is 4.85 Å². The molecule has 0 aliphatic rings. The summed E-state index contributed by atoms with van der Waals surface area (Å²) < 4.78 is 0. The van der Waals surface area contributed by atoms with Crippen LogP contribution in [-0.2, 0) is 0 Å². The van der Waals surface area contributed by atoms with Crippen molar-refractivity contribution in [3.63, 3.8) is 0 Å². The van der Waals surface area contributed by atoms with Gasteiger partial charge in [-0.2, -0.15) is 0 Å². The molecule has 66 valence electrons. The van der Waals surface area contributed by atoms with Crippen molar-refractivity contribution in [2.75, 3.05) is 0 Å². The summed E-state index contributed by atoms with van der Waals surface area (Å²) in [7, 11) is 0. The molecule has 1 aromatic carbocycles. The molecule has 0 aliphatic heterocycles. The zero-order valence-electron chi connectivity index (χ0n) is 7.51. The Morgan fingerprint density at radius 1 is 1.00 bits per heavy atom. The highest BCUT2D eigenvalue weighted by molar-refractivity contribution is 5.65. The number of aromatic nitrogens is 1. The van der Waals surface area contributed by atoms with Crippen molar-refractivity contribution in [1.29, 1.82) is 0 Å². The molecule has 0 aliphatic carbocycles. The van der Waals surface area contributed by atoms with E-state index in [-0.39, 0.29) is 0 Å². The Labute approximate surface area is 82.7 Å². The molecule has 2 aromatic rings. The van der Waals surface area contributed by atoms with Crippen LogP contribution in [0.4, 0.5) is 5.69 Å². The molecule has 0 amide bonds. The standard InChI is InChI=1S/C12H8N2/c1-13-12-6-4-10(5-7-12)11-3-2-8-14-9-11/h2-9H/i1-1. The summed E-state index contributed by atoms with van der Waals surface area (Å²) in [6.07, 6.45) is 3.56. The topological polar surface area (TPSA) is 17.2 Å². The lowest BCUT2D eigenvalue weighted by molar-refractivity contribution is 1.33. The highest BCUT2D eigenvalue weighted by Crippen LogP contribution is 2.21. The molecule has 0 saturated heterocycles. The van der Waals surface area contributed by atoms with Gasteiger partial charge in [0.2, 0.25) is 0 Å². The van der Waals surface area contributed by atoms with Crippen LogP contribution in [-0.4, -0.2) is 4.98 Å². The molecule has 0 N–H and O–H groups in total. The van der Waals surface area contributed by atoms with Gasteiger partial charge in [0.1, 0.15) is 0 Å². The van der Waals surface area contributed by atoms with Crippen LogP contribution in [0.2, 0.25) is 0 Å². The van der Waals surface area contributed by atoms with Gasteiger partial charge < -0.3 is 0 Å². The van der Waals surface area contributed by atoms with Crippen molar-refractivity contribution < 1.29 is 0 Å². The van der Waals surface area contributed by atoms with Gasteiger partial charge in [0.15, 0.2) is 5.69 Å². The van der Waals surface area contributed by atoms with Crippen LogP contribution in [0.25, 0.3) is 16.0 Å². The first-order valence-electron chi connectivity index (χ1n) is 4.28. The Balaban J connectivity index is 2.40. The van der Waals surface area contributed by atoms with Crippen molar-refractivity contribution >= 4 is 5.69 Å². The van der Waals surface area contributed by atoms with Crippen LogP contribution >= 0.6 is 0 Å². The molecule has 14 heavy (non-hydrogen) atoms. The Morgan fingerprint density at radius 2 is 1.79 bits per heavy atom. The van der Waals surface area contributed by atoms with Gasteiger partial charge in [-0.15, -0.1) is 0 Å². The predicted molar refractivity (Wildman–Crippen MR) is 55.9 cm³/mol. The van der Waals surface area contributed by atoms with Gasteiger partial charge in [0.25, 0.3) is 0 Å². The van der Waals surface area contributed by atoms with E-state index in [0.29, 0.717) is 5.69 Å². The first kappa shape index (κ1) is 8.46. The van der Waals surface area contributed by atoms with E-state index < -0.39 is 0 Å². The second-order valence-corrected chi connectivity index (χ2v) is 2.90. The number of hydrogen-bond acceptors (Lipinski definition) is 1. The summed E-state index contributed by atoms with van der Waals surface area (Å²) in [6.45, 7) is 6.83. The summed E-state index contributed by atoms with van der Waals surface area (Å²) in [5.74, 6) is 0. The fourth-order valence-corrected chi connectivity index (χ4v) is 1.26. The lowest BCUT2D eigenvalue weighted by atomic mass is 10.1. The summed E-state index contributed by atoms with van der Waals surface area (Å²) in [4.78, 5) is 7.38. The number of pyridine rings is 1. The molecule has 0 unspecified atom stereocenters. The molecule has 0 saturated carbocycles. The predicted octanol–water partition coefficient (Wildman–Crippen LogP) is 3.30. The molecule has 1 heterocycles. The van der Waals surface area contributed by atoms with Crippen molar-refractivity contribution in [1.82, 2.24) is 4.98 Å². The maximum Gasteiger partial charge on any atom is 0.187 e. The lowest BCUT2D eigenvalue weighted by Gasteiger charge is -1.99.